The average Bonchev–Trinajstić information content (AvgIpc) is 2.47. The minimum absolute atomic E-state index is 0.105. The van der Waals surface area contributed by atoms with Crippen LogP contribution in [0.5, 0.6) is 5.75 Å². The van der Waals surface area contributed by atoms with E-state index >= 15 is 0 Å². The van der Waals surface area contributed by atoms with E-state index in [1.807, 2.05) is 0 Å². The van der Waals surface area contributed by atoms with Gasteiger partial charge in [-0.05, 0) is 19.9 Å². The molecule has 0 saturated carbocycles. The molecule has 2 rings (SSSR count). The van der Waals surface area contributed by atoms with E-state index in [0.29, 0.717) is 5.52 Å². The van der Waals surface area contributed by atoms with Gasteiger partial charge in [-0.2, -0.15) is 0 Å². The van der Waals surface area contributed by atoms with Gasteiger partial charge < -0.3 is 14.5 Å². The van der Waals surface area contributed by atoms with Crippen LogP contribution in [0.4, 0.5) is 5.69 Å². The molecule has 8 nitrogen and oxygen atoms in total. The molecule has 8 heteroatoms. The number of hydrogen-bond acceptors (Lipinski definition) is 6. The quantitative estimate of drug-likeness (QED) is 0.514. The molecule has 1 aromatic heterocycles. The maximum Gasteiger partial charge on any atom is 0.342 e. The average molecular weight is 306 g/mol. The molecule has 0 aliphatic heterocycles. The van der Waals surface area contributed by atoms with E-state index in [9.17, 15) is 19.7 Å². The Labute approximate surface area is 124 Å². The van der Waals surface area contributed by atoms with E-state index in [-0.39, 0.29) is 35.6 Å². The highest BCUT2D eigenvalue weighted by Crippen LogP contribution is 2.27. The van der Waals surface area contributed by atoms with E-state index in [2.05, 4.69) is 4.98 Å². The van der Waals surface area contributed by atoms with Gasteiger partial charge >= 0.3 is 5.97 Å². The first-order valence-electron chi connectivity index (χ1n) is 6.63. The van der Waals surface area contributed by atoms with Gasteiger partial charge in [0, 0.05) is 23.0 Å². The minimum Gasteiger partial charge on any atom is -0.487 e. The van der Waals surface area contributed by atoms with E-state index in [1.165, 1.54) is 18.2 Å². The molecule has 0 radical (unpaired) electrons. The second kappa shape index (κ2) is 6.25. The molecule has 2 aromatic rings. The van der Waals surface area contributed by atoms with Crippen LogP contribution in [0.1, 0.15) is 24.2 Å². The maximum atomic E-state index is 12.2. The number of ether oxygens (including phenoxy) is 2. The Balaban J connectivity index is 2.83. The third-order valence-electron chi connectivity index (χ3n) is 2.93. The highest BCUT2D eigenvalue weighted by molar-refractivity contribution is 6.06. The lowest BCUT2D eigenvalue weighted by molar-refractivity contribution is -0.384. The summed E-state index contributed by atoms with van der Waals surface area (Å²) in [6.45, 7) is 3.55. The van der Waals surface area contributed by atoms with Crippen molar-refractivity contribution in [2.45, 2.75) is 13.8 Å². The molecular formula is C14H14N2O6. The molecule has 22 heavy (non-hydrogen) atoms. The summed E-state index contributed by atoms with van der Waals surface area (Å²) in [5.41, 5.74) is -0.605. The van der Waals surface area contributed by atoms with Crippen LogP contribution in [0.2, 0.25) is 0 Å². The van der Waals surface area contributed by atoms with Gasteiger partial charge in [0.1, 0.15) is 5.56 Å². The van der Waals surface area contributed by atoms with Crippen molar-refractivity contribution >= 4 is 22.6 Å². The van der Waals surface area contributed by atoms with E-state index < -0.39 is 16.5 Å². The molecule has 0 spiro atoms. The number of carbonyl (C=O) groups excluding carboxylic acids is 1. The summed E-state index contributed by atoms with van der Waals surface area (Å²) in [5.74, 6) is -0.962. The van der Waals surface area contributed by atoms with Crippen LogP contribution >= 0.6 is 0 Å². The lowest BCUT2D eigenvalue weighted by Crippen LogP contribution is -2.18. The lowest BCUT2D eigenvalue weighted by Gasteiger charge is -2.11. The monoisotopic (exact) mass is 306 g/mol. The van der Waals surface area contributed by atoms with Gasteiger partial charge in [-0.3, -0.25) is 14.9 Å². The summed E-state index contributed by atoms with van der Waals surface area (Å²) in [4.78, 5) is 37.1. The van der Waals surface area contributed by atoms with Crippen molar-refractivity contribution < 1.29 is 19.2 Å². The third kappa shape index (κ3) is 2.76. The maximum absolute atomic E-state index is 12.2. The zero-order chi connectivity index (χ0) is 16.3. The number of aromatic nitrogens is 1. The van der Waals surface area contributed by atoms with Crippen LogP contribution in [-0.4, -0.2) is 29.1 Å². The standard InChI is InChI=1S/C14H14N2O6/c1-3-21-12-11(14(18)22-4-2)9-7-8(16(19)20)5-6-10(9)15-13(12)17/h5-7H,3-4H2,1-2H3,(H,15,17). The molecule has 0 unspecified atom stereocenters. The fraction of sp³-hybridized carbons (Fsp3) is 0.286. The number of rotatable bonds is 5. The molecule has 0 amide bonds. The number of aromatic amines is 1. The number of benzene rings is 1. The van der Waals surface area contributed by atoms with Crippen molar-refractivity contribution in [2.24, 2.45) is 0 Å². The van der Waals surface area contributed by atoms with Crippen LogP contribution in [0.15, 0.2) is 23.0 Å². The van der Waals surface area contributed by atoms with Crippen LogP contribution in [0.3, 0.4) is 0 Å². The van der Waals surface area contributed by atoms with Crippen LogP contribution in [0.25, 0.3) is 10.9 Å². The molecule has 0 atom stereocenters. The first-order chi connectivity index (χ1) is 10.5. The Morgan fingerprint density at radius 3 is 2.64 bits per heavy atom. The summed E-state index contributed by atoms with van der Waals surface area (Å²) < 4.78 is 10.2. The fourth-order valence-corrected chi connectivity index (χ4v) is 2.06. The van der Waals surface area contributed by atoms with E-state index in [4.69, 9.17) is 9.47 Å². The number of carbonyl (C=O) groups is 1. The van der Waals surface area contributed by atoms with Crippen molar-refractivity contribution in [3.63, 3.8) is 0 Å². The number of nitro groups is 1. The van der Waals surface area contributed by atoms with Crippen LogP contribution in [-0.2, 0) is 4.74 Å². The molecule has 0 saturated heterocycles. The molecule has 0 bridgehead atoms. The Morgan fingerprint density at radius 2 is 2.05 bits per heavy atom. The zero-order valence-electron chi connectivity index (χ0n) is 12.0. The van der Waals surface area contributed by atoms with Gasteiger partial charge in [-0.15, -0.1) is 0 Å². The lowest BCUT2D eigenvalue weighted by atomic mass is 10.1. The smallest absolute Gasteiger partial charge is 0.342 e. The summed E-state index contributed by atoms with van der Waals surface area (Å²) >= 11 is 0. The normalized spacial score (nSPS) is 10.5. The van der Waals surface area contributed by atoms with Crippen LogP contribution in [0, 0.1) is 10.1 Å². The topological polar surface area (TPSA) is 112 Å². The van der Waals surface area contributed by atoms with Gasteiger partial charge in [-0.25, -0.2) is 4.79 Å². The molecule has 1 aromatic carbocycles. The number of nitrogens with zero attached hydrogens (tertiary/aromatic N) is 1. The van der Waals surface area contributed by atoms with E-state index in [0.717, 1.165) is 0 Å². The number of hydrogen-bond donors (Lipinski definition) is 1. The van der Waals surface area contributed by atoms with Gasteiger partial charge in [0.15, 0.2) is 5.75 Å². The number of esters is 1. The van der Waals surface area contributed by atoms with Crippen molar-refractivity contribution in [1.29, 1.82) is 0 Å². The summed E-state index contributed by atoms with van der Waals surface area (Å²) in [6, 6.07) is 3.82. The molecule has 116 valence electrons. The Bertz CT molecular complexity index is 796. The highest BCUT2D eigenvalue weighted by Gasteiger charge is 2.23. The molecule has 0 aliphatic rings. The summed E-state index contributed by atoms with van der Waals surface area (Å²) in [5, 5.41) is 11.1. The Morgan fingerprint density at radius 1 is 1.32 bits per heavy atom. The zero-order valence-corrected chi connectivity index (χ0v) is 12.0. The Hall–Kier alpha value is -2.90. The fourth-order valence-electron chi connectivity index (χ4n) is 2.06. The molecule has 1 N–H and O–H groups in total. The number of fused-ring (bicyclic) bond motifs is 1. The number of H-pyrrole nitrogens is 1. The van der Waals surface area contributed by atoms with Gasteiger partial charge in [0.05, 0.1) is 18.1 Å². The van der Waals surface area contributed by atoms with Crippen LogP contribution < -0.4 is 10.3 Å². The predicted molar refractivity (Wildman–Crippen MR) is 78.3 cm³/mol. The van der Waals surface area contributed by atoms with Crippen molar-refractivity contribution in [2.75, 3.05) is 13.2 Å². The second-order valence-corrected chi connectivity index (χ2v) is 4.30. The summed E-state index contributed by atoms with van der Waals surface area (Å²) in [6.07, 6.45) is 0. The number of non-ortho nitro benzene ring substituents is 1. The first-order valence-corrected chi connectivity index (χ1v) is 6.63. The molecule has 0 aliphatic carbocycles. The molecular weight excluding hydrogens is 292 g/mol. The molecule has 0 fully saturated rings. The predicted octanol–water partition coefficient (Wildman–Crippen LogP) is 2.01. The SMILES string of the molecule is CCOC(=O)c1c(OCC)c(=O)[nH]c2ccc([N+](=O)[O-])cc12. The van der Waals surface area contributed by atoms with Crippen molar-refractivity contribution in [1.82, 2.24) is 4.98 Å². The van der Waals surface area contributed by atoms with Crippen molar-refractivity contribution in [3.05, 3.63) is 44.2 Å². The minimum atomic E-state index is -0.762. The first kappa shape index (κ1) is 15.5. The van der Waals surface area contributed by atoms with E-state index in [1.54, 1.807) is 13.8 Å². The molecule has 1 heterocycles. The highest BCUT2D eigenvalue weighted by atomic mass is 16.6. The Kier molecular flexibility index (Phi) is 4.40. The van der Waals surface area contributed by atoms with Gasteiger partial charge in [0.25, 0.3) is 11.2 Å². The van der Waals surface area contributed by atoms with Gasteiger partial charge in [0.2, 0.25) is 0 Å². The summed E-state index contributed by atoms with van der Waals surface area (Å²) in [7, 11) is 0. The second-order valence-electron chi connectivity index (χ2n) is 4.30. The largest absolute Gasteiger partial charge is 0.487 e. The van der Waals surface area contributed by atoms with Gasteiger partial charge in [-0.1, -0.05) is 0 Å². The van der Waals surface area contributed by atoms with Crippen molar-refractivity contribution in [3.8, 4) is 5.75 Å². The number of nitrogens with one attached hydrogen (secondary N) is 1. The number of pyridine rings is 1. The third-order valence-corrected chi connectivity index (χ3v) is 2.93. The number of nitro benzene ring substituents is 1.